The standard InChI is InChI=1S/C11H18N6O3/c12-16-11-9(17(19)20)10(14-6-15-11)13-5-7-2-1-3-8(18)4-7/h6-8,18H,1-5,12H2,(H2,13,14,15,16). The van der Waals surface area contributed by atoms with Gasteiger partial charge in [0.05, 0.1) is 11.0 Å². The fourth-order valence-electron chi connectivity index (χ4n) is 2.48. The van der Waals surface area contributed by atoms with Gasteiger partial charge in [0.1, 0.15) is 6.33 Å². The van der Waals surface area contributed by atoms with Crippen molar-refractivity contribution in [2.24, 2.45) is 11.8 Å². The van der Waals surface area contributed by atoms with Gasteiger partial charge in [0, 0.05) is 6.54 Å². The Balaban J connectivity index is 2.07. The number of hydrogen-bond donors (Lipinski definition) is 4. The van der Waals surface area contributed by atoms with Crippen LogP contribution in [-0.2, 0) is 0 Å². The highest BCUT2D eigenvalue weighted by Gasteiger charge is 2.24. The predicted molar refractivity (Wildman–Crippen MR) is 73.0 cm³/mol. The van der Waals surface area contributed by atoms with Crippen molar-refractivity contribution in [2.75, 3.05) is 17.3 Å². The Morgan fingerprint density at radius 3 is 2.85 bits per heavy atom. The summed E-state index contributed by atoms with van der Waals surface area (Å²) in [7, 11) is 0. The summed E-state index contributed by atoms with van der Waals surface area (Å²) in [5.41, 5.74) is 1.92. The van der Waals surface area contributed by atoms with Crippen LogP contribution in [0.1, 0.15) is 25.7 Å². The number of nitro groups is 1. The molecule has 0 spiro atoms. The molecule has 1 aromatic heterocycles. The number of rotatable bonds is 5. The van der Waals surface area contributed by atoms with Crippen LogP contribution in [0.4, 0.5) is 17.3 Å². The Hall–Kier alpha value is -2.00. The second-order valence-electron chi connectivity index (χ2n) is 4.89. The molecule has 1 saturated carbocycles. The molecule has 9 heteroatoms. The number of aliphatic hydroxyl groups excluding tert-OH is 1. The van der Waals surface area contributed by atoms with Crippen molar-refractivity contribution < 1.29 is 10.0 Å². The molecule has 2 unspecified atom stereocenters. The Morgan fingerprint density at radius 1 is 1.45 bits per heavy atom. The number of nitrogens with one attached hydrogen (secondary N) is 2. The Labute approximate surface area is 115 Å². The van der Waals surface area contributed by atoms with Crippen LogP contribution in [0, 0.1) is 16.0 Å². The minimum absolute atomic E-state index is 0.0313. The Morgan fingerprint density at radius 2 is 2.20 bits per heavy atom. The van der Waals surface area contributed by atoms with Crippen molar-refractivity contribution in [3.8, 4) is 0 Å². The average molecular weight is 282 g/mol. The summed E-state index contributed by atoms with van der Waals surface area (Å²) in [4.78, 5) is 18.1. The molecule has 0 aliphatic heterocycles. The number of anilines is 2. The molecule has 2 rings (SSSR count). The van der Waals surface area contributed by atoms with Crippen LogP contribution in [0.3, 0.4) is 0 Å². The first-order chi connectivity index (χ1) is 9.61. The molecule has 1 aliphatic rings. The average Bonchev–Trinajstić information content (AvgIpc) is 2.44. The molecule has 5 N–H and O–H groups in total. The SMILES string of the molecule is NNc1ncnc(NCC2CCCC(O)C2)c1[N+](=O)[O-]. The van der Waals surface area contributed by atoms with Crippen LogP contribution in [0.2, 0.25) is 0 Å². The molecule has 0 bridgehead atoms. The van der Waals surface area contributed by atoms with E-state index in [2.05, 4.69) is 20.7 Å². The van der Waals surface area contributed by atoms with Gasteiger partial charge in [-0.15, -0.1) is 0 Å². The van der Waals surface area contributed by atoms with Gasteiger partial charge in [0.2, 0.25) is 11.6 Å². The molecule has 20 heavy (non-hydrogen) atoms. The number of aliphatic hydroxyl groups is 1. The van der Waals surface area contributed by atoms with Crippen molar-refractivity contribution in [3.05, 3.63) is 16.4 Å². The highest BCUT2D eigenvalue weighted by atomic mass is 16.6. The molecule has 0 saturated heterocycles. The monoisotopic (exact) mass is 282 g/mol. The number of hydrazine groups is 1. The van der Waals surface area contributed by atoms with E-state index >= 15 is 0 Å². The van der Waals surface area contributed by atoms with Crippen molar-refractivity contribution in [3.63, 3.8) is 0 Å². The summed E-state index contributed by atoms with van der Waals surface area (Å²) in [6.45, 7) is 0.527. The fraction of sp³-hybridized carbons (Fsp3) is 0.636. The van der Waals surface area contributed by atoms with Crippen LogP contribution in [0.25, 0.3) is 0 Å². The molecule has 0 aromatic carbocycles. The lowest BCUT2D eigenvalue weighted by atomic mass is 9.87. The van der Waals surface area contributed by atoms with Gasteiger partial charge in [-0.3, -0.25) is 10.1 Å². The second kappa shape index (κ2) is 6.44. The zero-order chi connectivity index (χ0) is 14.5. The highest BCUT2D eigenvalue weighted by Crippen LogP contribution is 2.29. The van der Waals surface area contributed by atoms with E-state index in [0.717, 1.165) is 19.3 Å². The van der Waals surface area contributed by atoms with E-state index in [1.807, 2.05) is 0 Å². The van der Waals surface area contributed by atoms with Crippen LogP contribution >= 0.6 is 0 Å². The van der Waals surface area contributed by atoms with Crippen LogP contribution in [-0.4, -0.2) is 32.6 Å². The molecule has 0 radical (unpaired) electrons. The Kier molecular flexibility index (Phi) is 4.64. The number of nitrogens with two attached hydrogens (primary N) is 1. The quantitative estimate of drug-likeness (QED) is 0.350. The zero-order valence-corrected chi connectivity index (χ0v) is 11.0. The predicted octanol–water partition coefficient (Wildman–Crippen LogP) is 0.633. The highest BCUT2D eigenvalue weighted by molar-refractivity contribution is 5.68. The molecule has 1 aromatic rings. The number of nitrogens with zero attached hydrogens (tertiary/aromatic N) is 3. The minimum Gasteiger partial charge on any atom is -0.393 e. The van der Waals surface area contributed by atoms with Gasteiger partial charge >= 0.3 is 5.69 Å². The summed E-state index contributed by atoms with van der Waals surface area (Å²) in [5, 5.41) is 23.6. The van der Waals surface area contributed by atoms with Crippen molar-refractivity contribution in [1.82, 2.24) is 9.97 Å². The first-order valence-electron chi connectivity index (χ1n) is 6.49. The second-order valence-corrected chi connectivity index (χ2v) is 4.89. The Bertz CT molecular complexity index is 483. The number of hydrogen-bond acceptors (Lipinski definition) is 8. The zero-order valence-electron chi connectivity index (χ0n) is 11.0. The lowest BCUT2D eigenvalue weighted by Crippen LogP contribution is -2.25. The molecule has 9 nitrogen and oxygen atoms in total. The van der Waals surface area contributed by atoms with Crippen LogP contribution < -0.4 is 16.6 Å². The topological polar surface area (TPSA) is 139 Å². The van der Waals surface area contributed by atoms with Gasteiger partial charge in [0.25, 0.3) is 0 Å². The van der Waals surface area contributed by atoms with E-state index in [1.54, 1.807) is 0 Å². The normalized spacial score (nSPS) is 22.3. The van der Waals surface area contributed by atoms with Crippen molar-refractivity contribution in [1.29, 1.82) is 0 Å². The minimum atomic E-state index is -0.576. The first-order valence-corrected chi connectivity index (χ1v) is 6.49. The van der Waals surface area contributed by atoms with E-state index in [-0.39, 0.29) is 29.3 Å². The van der Waals surface area contributed by atoms with Crippen molar-refractivity contribution >= 4 is 17.3 Å². The molecular formula is C11H18N6O3. The van der Waals surface area contributed by atoms with Gasteiger partial charge in [-0.05, 0) is 25.2 Å². The molecule has 1 aliphatic carbocycles. The maximum atomic E-state index is 11.1. The molecule has 110 valence electrons. The van der Waals surface area contributed by atoms with E-state index in [4.69, 9.17) is 5.84 Å². The van der Waals surface area contributed by atoms with Gasteiger partial charge in [-0.1, -0.05) is 6.42 Å². The maximum absolute atomic E-state index is 11.1. The summed E-state index contributed by atoms with van der Waals surface area (Å²) in [6.07, 6.45) is 4.41. The summed E-state index contributed by atoms with van der Waals surface area (Å²) >= 11 is 0. The summed E-state index contributed by atoms with van der Waals surface area (Å²) in [5.74, 6) is 5.59. The number of aromatic nitrogens is 2. The van der Waals surface area contributed by atoms with E-state index in [0.29, 0.717) is 13.0 Å². The molecular weight excluding hydrogens is 264 g/mol. The molecule has 2 atom stereocenters. The van der Waals surface area contributed by atoms with E-state index < -0.39 is 4.92 Å². The summed E-state index contributed by atoms with van der Waals surface area (Å²) < 4.78 is 0. The van der Waals surface area contributed by atoms with Gasteiger partial charge in [-0.2, -0.15) is 0 Å². The van der Waals surface area contributed by atoms with E-state index in [1.165, 1.54) is 6.33 Å². The number of nitrogen functional groups attached to an aromatic ring is 1. The summed E-state index contributed by atoms with van der Waals surface area (Å²) in [6, 6.07) is 0. The first kappa shape index (κ1) is 14.4. The van der Waals surface area contributed by atoms with Crippen LogP contribution in [0.5, 0.6) is 0 Å². The third-order valence-electron chi connectivity index (χ3n) is 3.45. The fourth-order valence-corrected chi connectivity index (χ4v) is 2.48. The third kappa shape index (κ3) is 3.31. The van der Waals surface area contributed by atoms with E-state index in [9.17, 15) is 15.2 Å². The van der Waals surface area contributed by atoms with Crippen LogP contribution in [0.15, 0.2) is 6.33 Å². The van der Waals surface area contributed by atoms with Crippen molar-refractivity contribution in [2.45, 2.75) is 31.8 Å². The third-order valence-corrected chi connectivity index (χ3v) is 3.45. The smallest absolute Gasteiger partial charge is 0.354 e. The lowest BCUT2D eigenvalue weighted by Gasteiger charge is -2.26. The lowest BCUT2D eigenvalue weighted by molar-refractivity contribution is -0.383. The molecule has 1 heterocycles. The largest absolute Gasteiger partial charge is 0.393 e. The van der Waals surface area contributed by atoms with Gasteiger partial charge in [-0.25, -0.2) is 15.8 Å². The van der Waals surface area contributed by atoms with Gasteiger partial charge in [0.15, 0.2) is 0 Å². The molecule has 1 fully saturated rings. The molecule has 0 amide bonds. The van der Waals surface area contributed by atoms with Gasteiger partial charge < -0.3 is 15.8 Å². The maximum Gasteiger partial charge on any atom is 0.354 e.